The molecule has 0 radical (unpaired) electrons. The predicted molar refractivity (Wildman–Crippen MR) is 80.7 cm³/mol. The number of nitrogens with one attached hydrogen (secondary N) is 1. The summed E-state index contributed by atoms with van der Waals surface area (Å²) in [6.45, 7) is 6.97. The van der Waals surface area contributed by atoms with E-state index < -0.39 is 10.0 Å². The number of hydrogen-bond acceptors (Lipinski definition) is 3. The van der Waals surface area contributed by atoms with E-state index in [0.29, 0.717) is 19.0 Å². The van der Waals surface area contributed by atoms with Crippen LogP contribution in [-0.4, -0.2) is 45.7 Å². The van der Waals surface area contributed by atoms with Crippen LogP contribution < -0.4 is 5.32 Å². The fourth-order valence-electron chi connectivity index (χ4n) is 3.48. The minimum atomic E-state index is -3.02. The molecule has 19 heavy (non-hydrogen) atoms. The molecule has 1 aliphatic heterocycles. The quantitative estimate of drug-likeness (QED) is 0.781. The van der Waals surface area contributed by atoms with Gasteiger partial charge in [-0.2, -0.15) is 0 Å². The summed E-state index contributed by atoms with van der Waals surface area (Å²) < 4.78 is 25.0. The van der Waals surface area contributed by atoms with E-state index in [-0.39, 0.29) is 5.41 Å². The van der Waals surface area contributed by atoms with Crippen molar-refractivity contribution in [3.05, 3.63) is 0 Å². The maximum Gasteiger partial charge on any atom is 0.211 e. The molecule has 0 aliphatic carbocycles. The predicted octanol–water partition coefficient (Wildman–Crippen LogP) is 2.07. The van der Waals surface area contributed by atoms with Gasteiger partial charge in [0.25, 0.3) is 0 Å². The van der Waals surface area contributed by atoms with Gasteiger partial charge in [0.05, 0.1) is 6.26 Å². The number of piperidine rings is 1. The van der Waals surface area contributed by atoms with Crippen LogP contribution >= 0.6 is 0 Å². The molecule has 1 aliphatic rings. The molecule has 5 heteroatoms. The SMILES string of the molecule is CCCC(C)(CNC)CC1CCCN(S(C)(=O)=O)C1. The molecule has 1 saturated heterocycles. The first-order chi connectivity index (χ1) is 8.80. The van der Waals surface area contributed by atoms with E-state index >= 15 is 0 Å². The molecule has 4 nitrogen and oxygen atoms in total. The van der Waals surface area contributed by atoms with Crippen LogP contribution in [0.5, 0.6) is 0 Å². The van der Waals surface area contributed by atoms with Crippen LogP contribution in [0.15, 0.2) is 0 Å². The first kappa shape index (κ1) is 16.9. The Bertz CT molecular complexity index is 362. The van der Waals surface area contributed by atoms with E-state index in [0.717, 1.165) is 25.8 Å². The van der Waals surface area contributed by atoms with E-state index in [1.54, 1.807) is 4.31 Å². The molecule has 0 spiro atoms. The van der Waals surface area contributed by atoms with Crippen molar-refractivity contribution in [1.29, 1.82) is 0 Å². The maximum absolute atomic E-state index is 11.7. The van der Waals surface area contributed by atoms with E-state index in [2.05, 4.69) is 19.2 Å². The molecule has 2 unspecified atom stereocenters. The summed E-state index contributed by atoms with van der Waals surface area (Å²) in [5.41, 5.74) is 0.286. The Morgan fingerprint density at radius 1 is 1.42 bits per heavy atom. The molecule has 114 valence electrons. The number of rotatable bonds is 7. The van der Waals surface area contributed by atoms with Gasteiger partial charge in [0.1, 0.15) is 0 Å². The number of hydrogen-bond donors (Lipinski definition) is 1. The lowest BCUT2D eigenvalue weighted by Crippen LogP contribution is -2.42. The first-order valence-electron chi connectivity index (χ1n) is 7.40. The van der Waals surface area contributed by atoms with E-state index in [1.807, 2.05) is 7.05 Å². The van der Waals surface area contributed by atoms with Crippen molar-refractivity contribution >= 4 is 10.0 Å². The highest BCUT2D eigenvalue weighted by Gasteiger charge is 2.31. The fourth-order valence-corrected chi connectivity index (χ4v) is 4.43. The van der Waals surface area contributed by atoms with Crippen LogP contribution in [0.2, 0.25) is 0 Å². The molecule has 1 rings (SSSR count). The van der Waals surface area contributed by atoms with Gasteiger partial charge in [-0.25, -0.2) is 12.7 Å². The molecule has 1 heterocycles. The average molecular weight is 290 g/mol. The Kier molecular flexibility index (Phi) is 6.27. The molecule has 0 bridgehead atoms. The second-order valence-electron chi connectivity index (χ2n) is 6.42. The molecule has 0 aromatic rings. The zero-order valence-electron chi connectivity index (χ0n) is 12.9. The molecular weight excluding hydrogens is 260 g/mol. The summed E-state index contributed by atoms with van der Waals surface area (Å²) in [5, 5.41) is 3.29. The Morgan fingerprint density at radius 3 is 2.63 bits per heavy atom. The van der Waals surface area contributed by atoms with Crippen LogP contribution in [0.4, 0.5) is 0 Å². The Morgan fingerprint density at radius 2 is 2.11 bits per heavy atom. The molecule has 0 amide bonds. The Hall–Kier alpha value is -0.130. The summed E-state index contributed by atoms with van der Waals surface area (Å²) >= 11 is 0. The zero-order chi connectivity index (χ0) is 14.5. The van der Waals surface area contributed by atoms with Crippen LogP contribution in [0.1, 0.15) is 46.0 Å². The fraction of sp³-hybridized carbons (Fsp3) is 1.00. The van der Waals surface area contributed by atoms with Crippen LogP contribution in [0.3, 0.4) is 0 Å². The van der Waals surface area contributed by atoms with Crippen molar-refractivity contribution in [3.8, 4) is 0 Å². The Labute approximate surface area is 119 Å². The van der Waals surface area contributed by atoms with Crippen LogP contribution in [0.25, 0.3) is 0 Å². The topological polar surface area (TPSA) is 49.4 Å². The van der Waals surface area contributed by atoms with Crippen molar-refractivity contribution in [2.45, 2.75) is 46.0 Å². The monoisotopic (exact) mass is 290 g/mol. The minimum absolute atomic E-state index is 0.286. The lowest BCUT2D eigenvalue weighted by Gasteiger charge is -2.37. The molecule has 2 atom stereocenters. The van der Waals surface area contributed by atoms with E-state index in [1.165, 1.54) is 19.1 Å². The maximum atomic E-state index is 11.7. The summed E-state index contributed by atoms with van der Waals surface area (Å²) in [6, 6.07) is 0. The summed E-state index contributed by atoms with van der Waals surface area (Å²) in [7, 11) is -1.02. The zero-order valence-corrected chi connectivity index (χ0v) is 13.7. The van der Waals surface area contributed by atoms with Crippen LogP contribution in [-0.2, 0) is 10.0 Å². The van der Waals surface area contributed by atoms with Crippen LogP contribution in [0, 0.1) is 11.3 Å². The van der Waals surface area contributed by atoms with Crippen molar-refractivity contribution in [2.75, 3.05) is 32.9 Å². The van der Waals surface area contributed by atoms with Gasteiger partial charge in [-0.3, -0.25) is 0 Å². The van der Waals surface area contributed by atoms with Gasteiger partial charge in [0.15, 0.2) is 0 Å². The standard InChI is InChI=1S/C14H30N2O2S/c1-5-8-14(2,12-15-3)10-13-7-6-9-16(11-13)19(4,17)18/h13,15H,5-12H2,1-4H3. The van der Waals surface area contributed by atoms with Gasteiger partial charge >= 0.3 is 0 Å². The lowest BCUT2D eigenvalue weighted by atomic mass is 9.75. The number of nitrogens with zero attached hydrogens (tertiary/aromatic N) is 1. The van der Waals surface area contributed by atoms with Gasteiger partial charge < -0.3 is 5.32 Å². The first-order valence-corrected chi connectivity index (χ1v) is 9.25. The van der Waals surface area contributed by atoms with E-state index in [4.69, 9.17) is 0 Å². The van der Waals surface area contributed by atoms with Crippen molar-refractivity contribution < 1.29 is 8.42 Å². The van der Waals surface area contributed by atoms with Crippen molar-refractivity contribution in [2.24, 2.45) is 11.3 Å². The van der Waals surface area contributed by atoms with Gasteiger partial charge in [-0.05, 0) is 44.1 Å². The van der Waals surface area contributed by atoms with Gasteiger partial charge in [0.2, 0.25) is 10.0 Å². The molecular formula is C14H30N2O2S. The summed E-state index contributed by atoms with van der Waals surface area (Å²) in [6.07, 6.45) is 6.99. The second-order valence-corrected chi connectivity index (χ2v) is 8.41. The third kappa shape index (κ3) is 5.40. The highest BCUT2D eigenvalue weighted by molar-refractivity contribution is 7.88. The van der Waals surface area contributed by atoms with Crippen molar-refractivity contribution in [3.63, 3.8) is 0 Å². The smallest absolute Gasteiger partial charge is 0.211 e. The van der Waals surface area contributed by atoms with Gasteiger partial charge in [-0.15, -0.1) is 0 Å². The second kappa shape index (κ2) is 7.04. The van der Waals surface area contributed by atoms with Gasteiger partial charge in [-0.1, -0.05) is 20.3 Å². The lowest BCUT2D eigenvalue weighted by molar-refractivity contribution is 0.165. The third-order valence-electron chi connectivity index (χ3n) is 4.19. The highest BCUT2D eigenvalue weighted by Crippen LogP contribution is 2.34. The highest BCUT2D eigenvalue weighted by atomic mass is 32.2. The number of sulfonamides is 1. The normalized spacial score (nSPS) is 25.2. The third-order valence-corrected chi connectivity index (χ3v) is 5.46. The summed E-state index contributed by atoms with van der Waals surface area (Å²) in [4.78, 5) is 0. The molecule has 1 fully saturated rings. The molecule has 1 N–H and O–H groups in total. The molecule has 0 saturated carbocycles. The largest absolute Gasteiger partial charge is 0.319 e. The Balaban J connectivity index is 2.64. The summed E-state index contributed by atoms with van der Waals surface area (Å²) in [5.74, 6) is 0.508. The molecule has 0 aromatic carbocycles. The average Bonchev–Trinajstić information content (AvgIpc) is 2.28. The van der Waals surface area contributed by atoms with Crippen molar-refractivity contribution in [1.82, 2.24) is 9.62 Å². The minimum Gasteiger partial charge on any atom is -0.319 e. The van der Waals surface area contributed by atoms with E-state index in [9.17, 15) is 8.42 Å². The molecule has 0 aromatic heterocycles. The van der Waals surface area contributed by atoms with Gasteiger partial charge in [0, 0.05) is 19.6 Å².